The fraction of sp³-hybridized carbons (Fsp3) is 0.300. The van der Waals surface area contributed by atoms with Gasteiger partial charge in [-0.2, -0.15) is 5.10 Å². The lowest BCUT2D eigenvalue weighted by atomic mass is 10.0. The quantitative estimate of drug-likeness (QED) is 0.819. The van der Waals surface area contributed by atoms with Gasteiger partial charge in [-0.3, -0.25) is 14.8 Å². The lowest BCUT2D eigenvalue weighted by molar-refractivity contribution is -0.138. The molecule has 1 fully saturated rings. The van der Waals surface area contributed by atoms with Gasteiger partial charge in [-0.15, -0.1) is 0 Å². The van der Waals surface area contributed by atoms with E-state index in [0.717, 1.165) is 5.56 Å². The summed E-state index contributed by atoms with van der Waals surface area (Å²) in [6.45, 7) is 0.533. The summed E-state index contributed by atoms with van der Waals surface area (Å²) in [4.78, 5) is 28.6. The van der Waals surface area contributed by atoms with Crippen molar-refractivity contribution >= 4 is 23.3 Å². The molecular formula is C20H20N4O4. The first-order valence-electron chi connectivity index (χ1n) is 9.10. The van der Waals surface area contributed by atoms with E-state index in [4.69, 9.17) is 4.74 Å². The maximum Gasteiger partial charge on any atom is 0.328 e. The molecule has 1 amide bonds. The Labute approximate surface area is 161 Å². The van der Waals surface area contributed by atoms with Crippen LogP contribution in [0.2, 0.25) is 0 Å². The van der Waals surface area contributed by atoms with Crippen molar-refractivity contribution in [1.29, 1.82) is 0 Å². The summed E-state index contributed by atoms with van der Waals surface area (Å²) in [6, 6.07) is 11.6. The molecule has 1 unspecified atom stereocenters. The molecule has 2 aliphatic heterocycles. The van der Waals surface area contributed by atoms with Crippen molar-refractivity contribution < 1.29 is 19.4 Å². The van der Waals surface area contributed by atoms with Crippen LogP contribution in [-0.2, 0) is 14.3 Å². The van der Waals surface area contributed by atoms with Crippen molar-refractivity contribution in [3.8, 4) is 0 Å². The molecule has 0 aliphatic carbocycles. The van der Waals surface area contributed by atoms with Crippen molar-refractivity contribution in [2.45, 2.75) is 31.0 Å². The van der Waals surface area contributed by atoms with Gasteiger partial charge in [-0.05, 0) is 24.6 Å². The van der Waals surface area contributed by atoms with Crippen LogP contribution in [0.4, 0.5) is 5.69 Å². The van der Waals surface area contributed by atoms with Crippen LogP contribution in [0.5, 0.6) is 0 Å². The van der Waals surface area contributed by atoms with E-state index >= 15 is 0 Å². The van der Waals surface area contributed by atoms with Crippen molar-refractivity contribution in [3.05, 3.63) is 60.4 Å². The highest BCUT2D eigenvalue weighted by molar-refractivity contribution is 6.40. The molecule has 4 rings (SSSR count). The third-order valence-electron chi connectivity index (χ3n) is 4.90. The van der Waals surface area contributed by atoms with E-state index in [2.05, 4.69) is 15.4 Å². The number of hydrogen-bond acceptors (Lipinski definition) is 6. The molecule has 144 valence electrons. The Morgan fingerprint density at radius 1 is 1.18 bits per heavy atom. The molecule has 0 spiro atoms. The largest absolute Gasteiger partial charge is 0.480 e. The molecule has 3 atom stereocenters. The predicted octanol–water partition coefficient (Wildman–Crippen LogP) is 1.75. The van der Waals surface area contributed by atoms with Gasteiger partial charge in [0.25, 0.3) is 5.91 Å². The summed E-state index contributed by atoms with van der Waals surface area (Å²) in [5, 5.41) is 18.2. The Kier molecular flexibility index (Phi) is 5.03. The number of hydrogen-bond donors (Lipinski definition) is 2. The van der Waals surface area contributed by atoms with E-state index in [0.29, 0.717) is 18.7 Å². The molecule has 8 nitrogen and oxygen atoms in total. The molecule has 0 saturated carbocycles. The first-order valence-corrected chi connectivity index (χ1v) is 9.10. The van der Waals surface area contributed by atoms with E-state index in [9.17, 15) is 14.7 Å². The monoisotopic (exact) mass is 380 g/mol. The van der Waals surface area contributed by atoms with Gasteiger partial charge in [-0.1, -0.05) is 24.3 Å². The van der Waals surface area contributed by atoms with Crippen LogP contribution in [0.25, 0.3) is 0 Å². The van der Waals surface area contributed by atoms with Gasteiger partial charge in [0.15, 0.2) is 6.04 Å². The summed E-state index contributed by atoms with van der Waals surface area (Å²) in [7, 11) is 0. The molecule has 28 heavy (non-hydrogen) atoms. The van der Waals surface area contributed by atoms with Crippen molar-refractivity contribution in [2.24, 2.45) is 5.10 Å². The maximum atomic E-state index is 12.8. The summed E-state index contributed by atoms with van der Waals surface area (Å²) < 4.78 is 5.77. The van der Waals surface area contributed by atoms with Crippen LogP contribution in [0.3, 0.4) is 0 Å². The topological polar surface area (TPSA) is 104 Å². The summed E-state index contributed by atoms with van der Waals surface area (Å²) in [6.07, 6.45) is 3.84. The van der Waals surface area contributed by atoms with Gasteiger partial charge in [0, 0.05) is 31.0 Å². The average molecular weight is 380 g/mol. The number of anilines is 1. The minimum Gasteiger partial charge on any atom is -0.480 e. The van der Waals surface area contributed by atoms with Crippen LogP contribution in [-0.4, -0.2) is 46.4 Å². The molecule has 1 aromatic heterocycles. The normalized spacial score (nSPS) is 24.1. The fourth-order valence-corrected chi connectivity index (χ4v) is 3.52. The van der Waals surface area contributed by atoms with E-state index in [1.165, 1.54) is 5.01 Å². The summed E-state index contributed by atoms with van der Waals surface area (Å²) in [5.41, 5.74) is 1.73. The standard InChI is InChI=1S/C20H20N4O4/c25-19(22-15-8-10-28-18(15)13-5-4-9-21-12-13)16-11-17(20(26)27)24(23-16)14-6-2-1-3-7-14/h1-7,9,12,15,17-18H,8,10-11H2,(H,22,25)(H,26,27)/t15-,17?,18+/m0/s1. The molecule has 2 N–H and O–H groups in total. The van der Waals surface area contributed by atoms with Crippen LogP contribution in [0.15, 0.2) is 60.0 Å². The average Bonchev–Trinajstić information content (AvgIpc) is 3.37. The van der Waals surface area contributed by atoms with Crippen molar-refractivity contribution in [2.75, 3.05) is 11.6 Å². The van der Waals surface area contributed by atoms with Crippen molar-refractivity contribution in [3.63, 3.8) is 0 Å². The number of ether oxygens (including phenoxy) is 1. The zero-order chi connectivity index (χ0) is 19.5. The van der Waals surface area contributed by atoms with Gasteiger partial charge in [0.1, 0.15) is 11.8 Å². The van der Waals surface area contributed by atoms with E-state index in [1.807, 2.05) is 18.2 Å². The van der Waals surface area contributed by atoms with Gasteiger partial charge in [0.2, 0.25) is 0 Å². The fourth-order valence-electron chi connectivity index (χ4n) is 3.52. The molecule has 8 heteroatoms. The number of carboxylic acids is 1. The lowest BCUT2D eigenvalue weighted by Crippen LogP contribution is -2.41. The second-order valence-corrected chi connectivity index (χ2v) is 6.73. The van der Waals surface area contributed by atoms with E-state index < -0.39 is 12.0 Å². The molecule has 2 aromatic rings. The number of carbonyl (C=O) groups excluding carboxylic acids is 1. The van der Waals surface area contributed by atoms with Crippen LogP contribution < -0.4 is 10.3 Å². The number of benzene rings is 1. The third kappa shape index (κ3) is 3.59. The molecular weight excluding hydrogens is 360 g/mol. The Morgan fingerprint density at radius 3 is 2.71 bits per heavy atom. The number of amides is 1. The highest BCUT2D eigenvalue weighted by Gasteiger charge is 2.38. The number of para-hydroxylation sites is 1. The van der Waals surface area contributed by atoms with Gasteiger partial charge >= 0.3 is 5.97 Å². The highest BCUT2D eigenvalue weighted by atomic mass is 16.5. The number of aliphatic carboxylic acids is 1. The molecule has 1 aromatic carbocycles. The molecule has 1 saturated heterocycles. The summed E-state index contributed by atoms with van der Waals surface area (Å²) in [5.74, 6) is -1.39. The molecule has 2 aliphatic rings. The Hall–Kier alpha value is -3.26. The SMILES string of the molecule is O=C(N[C@H]1CCO[C@@H]1c1cccnc1)C1=NN(c2ccccc2)C(C(=O)O)C1. The predicted molar refractivity (Wildman–Crippen MR) is 102 cm³/mol. The summed E-state index contributed by atoms with van der Waals surface area (Å²) >= 11 is 0. The maximum absolute atomic E-state index is 12.8. The zero-order valence-electron chi connectivity index (χ0n) is 15.1. The number of rotatable bonds is 5. The Bertz CT molecular complexity index is 888. The minimum absolute atomic E-state index is 0.0429. The van der Waals surface area contributed by atoms with E-state index in [1.54, 1.807) is 36.7 Å². The second kappa shape index (κ2) is 7.77. The lowest BCUT2D eigenvalue weighted by Gasteiger charge is -2.19. The van der Waals surface area contributed by atoms with Crippen LogP contribution in [0, 0.1) is 0 Å². The van der Waals surface area contributed by atoms with Crippen LogP contribution in [0.1, 0.15) is 24.5 Å². The van der Waals surface area contributed by atoms with Crippen LogP contribution >= 0.6 is 0 Å². The van der Waals surface area contributed by atoms with Gasteiger partial charge in [0.05, 0.1) is 11.7 Å². The first-order chi connectivity index (χ1) is 13.6. The number of hydrazone groups is 1. The smallest absolute Gasteiger partial charge is 0.328 e. The third-order valence-corrected chi connectivity index (χ3v) is 4.90. The van der Waals surface area contributed by atoms with Crippen molar-refractivity contribution in [1.82, 2.24) is 10.3 Å². The molecule has 3 heterocycles. The second-order valence-electron chi connectivity index (χ2n) is 6.73. The Balaban J connectivity index is 1.51. The van der Waals surface area contributed by atoms with Gasteiger partial charge < -0.3 is 15.2 Å². The number of aromatic nitrogens is 1. The zero-order valence-corrected chi connectivity index (χ0v) is 15.1. The molecule has 0 bridgehead atoms. The number of carbonyl (C=O) groups is 2. The highest BCUT2D eigenvalue weighted by Crippen LogP contribution is 2.29. The minimum atomic E-state index is -1.02. The molecule has 0 radical (unpaired) electrons. The van der Waals surface area contributed by atoms with E-state index in [-0.39, 0.29) is 30.2 Å². The Morgan fingerprint density at radius 2 is 2.00 bits per heavy atom. The number of carboxylic acid groups (broad SMARTS) is 1. The van der Waals surface area contributed by atoms with Gasteiger partial charge in [-0.25, -0.2) is 4.79 Å². The number of nitrogens with one attached hydrogen (secondary N) is 1. The number of pyridine rings is 1. The first kappa shape index (κ1) is 18.1. The number of nitrogens with zero attached hydrogens (tertiary/aromatic N) is 3.